The highest BCUT2D eigenvalue weighted by atomic mass is 35.5. The maximum Gasteiger partial charge on any atom is 0.409 e. The van der Waals surface area contributed by atoms with Crippen LogP contribution in [0.25, 0.3) is 0 Å². The van der Waals surface area contributed by atoms with E-state index in [-0.39, 0.29) is 10.7 Å². The van der Waals surface area contributed by atoms with E-state index < -0.39 is 11.9 Å². The Labute approximate surface area is 72.8 Å². The summed E-state index contributed by atoms with van der Waals surface area (Å²) in [4.78, 5) is 10.1. The average molecular weight is 190 g/mol. The van der Waals surface area contributed by atoms with Gasteiger partial charge in [0, 0.05) is 5.02 Å². The summed E-state index contributed by atoms with van der Waals surface area (Å²) in [6, 6.07) is 3.63. The monoisotopic (exact) mass is 189 g/mol. The fraction of sp³-hybridized carbons (Fsp3) is 0. The highest BCUT2D eigenvalue weighted by Crippen LogP contribution is 2.19. The topological polar surface area (TPSA) is 49.3 Å². The molecule has 0 heterocycles. The van der Waals surface area contributed by atoms with Gasteiger partial charge in [0.05, 0.1) is 5.69 Å². The summed E-state index contributed by atoms with van der Waals surface area (Å²) < 4.78 is 12.7. The normalized spacial score (nSPS) is 9.50. The van der Waals surface area contributed by atoms with E-state index in [2.05, 4.69) is 0 Å². The molecule has 0 radical (unpaired) electrons. The smallest absolute Gasteiger partial charge is 0.409 e. The van der Waals surface area contributed by atoms with Gasteiger partial charge in [0.2, 0.25) is 0 Å². The first-order valence-electron chi connectivity index (χ1n) is 3.04. The van der Waals surface area contributed by atoms with E-state index in [1.807, 2.05) is 5.32 Å². The molecule has 0 spiro atoms. The average Bonchev–Trinajstić information content (AvgIpc) is 1.96. The van der Waals surface area contributed by atoms with Crippen molar-refractivity contribution < 1.29 is 14.3 Å². The Morgan fingerprint density at radius 2 is 2.25 bits per heavy atom. The van der Waals surface area contributed by atoms with Crippen molar-refractivity contribution in [2.75, 3.05) is 5.32 Å². The molecule has 0 bridgehead atoms. The third-order valence-corrected chi connectivity index (χ3v) is 1.41. The fourth-order valence-corrected chi connectivity index (χ4v) is 0.881. The molecule has 0 unspecified atom stereocenters. The van der Waals surface area contributed by atoms with E-state index in [9.17, 15) is 9.18 Å². The largest absolute Gasteiger partial charge is 0.465 e. The molecule has 1 aromatic rings. The number of carbonyl (C=O) groups is 1. The molecule has 1 aromatic carbocycles. The molecule has 0 saturated carbocycles. The Hall–Kier alpha value is -1.29. The lowest BCUT2D eigenvalue weighted by molar-refractivity contribution is 0.209. The van der Waals surface area contributed by atoms with Crippen molar-refractivity contribution in [3.8, 4) is 0 Å². The lowest BCUT2D eigenvalue weighted by Crippen LogP contribution is -2.08. The van der Waals surface area contributed by atoms with Crippen LogP contribution in [0.15, 0.2) is 18.2 Å². The SMILES string of the molecule is O=C(O)Nc1cc(Cl)ccc1F. The summed E-state index contributed by atoms with van der Waals surface area (Å²) in [5.41, 5.74) is -0.144. The lowest BCUT2D eigenvalue weighted by Gasteiger charge is -2.01. The van der Waals surface area contributed by atoms with E-state index in [0.29, 0.717) is 0 Å². The van der Waals surface area contributed by atoms with Crippen molar-refractivity contribution in [1.29, 1.82) is 0 Å². The van der Waals surface area contributed by atoms with Crippen molar-refractivity contribution in [3.05, 3.63) is 29.0 Å². The number of benzene rings is 1. The predicted molar refractivity (Wildman–Crippen MR) is 43.1 cm³/mol. The van der Waals surface area contributed by atoms with Gasteiger partial charge in [-0.1, -0.05) is 11.6 Å². The van der Waals surface area contributed by atoms with Gasteiger partial charge < -0.3 is 5.11 Å². The maximum atomic E-state index is 12.7. The summed E-state index contributed by atoms with van der Waals surface area (Å²) >= 11 is 5.50. The van der Waals surface area contributed by atoms with Crippen molar-refractivity contribution >= 4 is 23.4 Å². The van der Waals surface area contributed by atoms with E-state index in [0.717, 1.165) is 6.07 Å². The molecule has 0 aromatic heterocycles. The molecule has 0 aliphatic heterocycles. The second-order valence-corrected chi connectivity index (χ2v) is 2.49. The van der Waals surface area contributed by atoms with Gasteiger partial charge in [-0.3, -0.25) is 5.32 Å². The third kappa shape index (κ3) is 2.10. The quantitative estimate of drug-likeness (QED) is 0.713. The first kappa shape index (κ1) is 8.80. The molecule has 1 amide bonds. The van der Waals surface area contributed by atoms with E-state index in [1.165, 1.54) is 12.1 Å². The number of amides is 1. The predicted octanol–water partition coefficient (Wildman–Crippen LogP) is 2.57. The minimum absolute atomic E-state index is 0.144. The molecule has 2 N–H and O–H groups in total. The highest BCUT2D eigenvalue weighted by Gasteiger charge is 2.04. The van der Waals surface area contributed by atoms with Crippen LogP contribution in [0.2, 0.25) is 5.02 Å². The van der Waals surface area contributed by atoms with Crippen LogP contribution >= 0.6 is 11.6 Å². The Morgan fingerprint density at radius 3 is 2.83 bits per heavy atom. The van der Waals surface area contributed by atoms with Gasteiger partial charge in [-0.25, -0.2) is 9.18 Å². The van der Waals surface area contributed by atoms with Crippen LogP contribution < -0.4 is 5.32 Å². The summed E-state index contributed by atoms with van der Waals surface area (Å²) in [6.07, 6.45) is -1.32. The fourth-order valence-electron chi connectivity index (χ4n) is 0.708. The Balaban J connectivity index is 2.97. The molecule has 0 fully saturated rings. The first-order chi connectivity index (χ1) is 5.59. The third-order valence-electron chi connectivity index (χ3n) is 1.17. The molecule has 0 aliphatic rings. The van der Waals surface area contributed by atoms with Gasteiger partial charge in [-0.2, -0.15) is 0 Å². The van der Waals surface area contributed by atoms with Crippen molar-refractivity contribution in [2.24, 2.45) is 0 Å². The van der Waals surface area contributed by atoms with E-state index in [4.69, 9.17) is 16.7 Å². The summed E-state index contributed by atoms with van der Waals surface area (Å²) in [6.45, 7) is 0. The van der Waals surface area contributed by atoms with E-state index >= 15 is 0 Å². The molecule has 0 saturated heterocycles. The molecule has 0 atom stereocenters. The van der Waals surface area contributed by atoms with Crippen LogP contribution in [0, 0.1) is 5.82 Å². The zero-order chi connectivity index (χ0) is 9.14. The Morgan fingerprint density at radius 1 is 1.58 bits per heavy atom. The van der Waals surface area contributed by atoms with Crippen LogP contribution in [0.3, 0.4) is 0 Å². The molecule has 1 rings (SSSR count). The van der Waals surface area contributed by atoms with Gasteiger partial charge in [-0.05, 0) is 18.2 Å². The number of hydrogen-bond donors (Lipinski definition) is 2. The maximum absolute atomic E-state index is 12.7. The van der Waals surface area contributed by atoms with Gasteiger partial charge in [-0.15, -0.1) is 0 Å². The molecule has 64 valence electrons. The van der Waals surface area contributed by atoms with Gasteiger partial charge >= 0.3 is 6.09 Å². The van der Waals surface area contributed by atoms with E-state index in [1.54, 1.807) is 0 Å². The van der Waals surface area contributed by atoms with Crippen LogP contribution in [-0.2, 0) is 0 Å². The zero-order valence-electron chi connectivity index (χ0n) is 5.84. The van der Waals surface area contributed by atoms with Crippen LogP contribution in [0.1, 0.15) is 0 Å². The highest BCUT2D eigenvalue weighted by molar-refractivity contribution is 6.30. The second kappa shape index (κ2) is 3.40. The number of halogens is 2. The van der Waals surface area contributed by atoms with Gasteiger partial charge in [0.15, 0.2) is 0 Å². The van der Waals surface area contributed by atoms with Crippen molar-refractivity contribution in [2.45, 2.75) is 0 Å². The number of rotatable bonds is 1. The molecular weight excluding hydrogens is 185 g/mol. The Kier molecular flexibility index (Phi) is 2.50. The molecule has 5 heteroatoms. The summed E-state index contributed by atoms with van der Waals surface area (Å²) in [5, 5.41) is 10.4. The lowest BCUT2D eigenvalue weighted by atomic mass is 10.3. The number of anilines is 1. The minimum atomic E-state index is -1.32. The van der Waals surface area contributed by atoms with Crippen LogP contribution in [0.4, 0.5) is 14.9 Å². The van der Waals surface area contributed by atoms with Crippen LogP contribution in [-0.4, -0.2) is 11.2 Å². The van der Waals surface area contributed by atoms with Crippen LogP contribution in [0.5, 0.6) is 0 Å². The first-order valence-corrected chi connectivity index (χ1v) is 3.42. The molecule has 12 heavy (non-hydrogen) atoms. The van der Waals surface area contributed by atoms with Gasteiger partial charge in [0.25, 0.3) is 0 Å². The molecule has 3 nitrogen and oxygen atoms in total. The Bertz CT molecular complexity index is 316. The number of nitrogens with one attached hydrogen (secondary N) is 1. The minimum Gasteiger partial charge on any atom is -0.465 e. The summed E-state index contributed by atoms with van der Waals surface area (Å²) in [5.74, 6) is -0.651. The van der Waals surface area contributed by atoms with Crippen molar-refractivity contribution in [1.82, 2.24) is 0 Å². The molecule has 0 aliphatic carbocycles. The zero-order valence-corrected chi connectivity index (χ0v) is 6.60. The van der Waals surface area contributed by atoms with Crippen molar-refractivity contribution in [3.63, 3.8) is 0 Å². The standard InChI is InChI=1S/C7H5ClFNO2/c8-4-1-2-5(9)6(3-4)10-7(11)12/h1-3,10H,(H,11,12). The van der Waals surface area contributed by atoms with Gasteiger partial charge in [0.1, 0.15) is 5.82 Å². The second-order valence-electron chi connectivity index (χ2n) is 2.05. The molecular formula is C7H5ClFNO2. The number of hydrogen-bond acceptors (Lipinski definition) is 1. The number of carboxylic acid groups (broad SMARTS) is 1. The summed E-state index contributed by atoms with van der Waals surface area (Å²) in [7, 11) is 0.